The van der Waals surface area contributed by atoms with Crippen molar-refractivity contribution in [2.45, 2.75) is 11.8 Å². The van der Waals surface area contributed by atoms with E-state index in [1.165, 1.54) is 18.2 Å². The number of halogens is 2. The molecule has 3 nitrogen and oxygen atoms in total. The summed E-state index contributed by atoms with van der Waals surface area (Å²) in [7, 11) is 1.44. The summed E-state index contributed by atoms with van der Waals surface area (Å²) in [5.41, 5.74) is 0.602. The Balaban J connectivity index is 2.99. The summed E-state index contributed by atoms with van der Waals surface area (Å²) in [6, 6.07) is 4.17. The molecule has 0 fully saturated rings. The van der Waals surface area contributed by atoms with E-state index in [4.69, 9.17) is 15.4 Å². The minimum Gasteiger partial charge on any atom is -0.491 e. The summed E-state index contributed by atoms with van der Waals surface area (Å²) in [6.07, 6.45) is 0. The third kappa shape index (κ3) is 3.35. The lowest BCUT2D eigenvalue weighted by atomic mass is 10.2. The van der Waals surface area contributed by atoms with E-state index in [1.54, 1.807) is 6.92 Å². The lowest BCUT2D eigenvalue weighted by molar-refractivity contribution is 0.271. The molecule has 0 aromatic heterocycles. The average Bonchev–Trinajstić information content (AvgIpc) is 2.14. The minimum atomic E-state index is -3.72. The molecule has 0 saturated carbocycles. The normalized spacial score (nSPS) is 11.4. The Hall–Kier alpha value is -0.810. The van der Waals surface area contributed by atoms with E-state index in [9.17, 15) is 12.8 Å². The average molecular weight is 253 g/mol. The first-order valence-corrected chi connectivity index (χ1v) is 6.50. The smallest absolute Gasteiger partial charge is 0.261 e. The van der Waals surface area contributed by atoms with E-state index >= 15 is 0 Å². The first-order chi connectivity index (χ1) is 6.95. The lowest BCUT2D eigenvalue weighted by Gasteiger charge is -2.07. The Labute approximate surface area is 92.2 Å². The van der Waals surface area contributed by atoms with Crippen LogP contribution in [0.4, 0.5) is 4.39 Å². The van der Waals surface area contributed by atoms with Crippen molar-refractivity contribution in [3.05, 3.63) is 23.8 Å². The van der Waals surface area contributed by atoms with Crippen molar-refractivity contribution in [3.63, 3.8) is 0 Å². The molecular formula is C9H10ClFO3S. The topological polar surface area (TPSA) is 43.4 Å². The van der Waals surface area contributed by atoms with Gasteiger partial charge in [0.25, 0.3) is 9.05 Å². The molecule has 0 aliphatic rings. The van der Waals surface area contributed by atoms with Crippen molar-refractivity contribution in [1.82, 2.24) is 0 Å². The highest BCUT2D eigenvalue weighted by Gasteiger charge is 2.11. The molecule has 0 bridgehead atoms. The van der Waals surface area contributed by atoms with Crippen molar-refractivity contribution >= 4 is 19.7 Å². The number of rotatable bonds is 4. The van der Waals surface area contributed by atoms with Gasteiger partial charge < -0.3 is 4.74 Å². The Bertz CT molecular complexity index is 445. The maximum atomic E-state index is 11.8. The van der Waals surface area contributed by atoms with Crippen LogP contribution in [-0.4, -0.2) is 21.7 Å². The summed E-state index contributed by atoms with van der Waals surface area (Å²) >= 11 is 0. The van der Waals surface area contributed by atoms with Crippen molar-refractivity contribution < 1.29 is 17.5 Å². The fourth-order valence-electron chi connectivity index (χ4n) is 1.08. The Morgan fingerprint density at radius 3 is 2.60 bits per heavy atom. The van der Waals surface area contributed by atoms with Crippen LogP contribution >= 0.6 is 10.7 Å². The van der Waals surface area contributed by atoms with Gasteiger partial charge in [0.05, 0.1) is 4.90 Å². The zero-order valence-corrected chi connectivity index (χ0v) is 9.61. The van der Waals surface area contributed by atoms with Crippen LogP contribution in [0.1, 0.15) is 5.56 Å². The lowest BCUT2D eigenvalue weighted by Crippen LogP contribution is -2.01. The SMILES string of the molecule is Cc1cc(S(=O)(=O)Cl)ccc1OCCF. The first kappa shape index (κ1) is 12.3. The molecular weight excluding hydrogens is 243 g/mol. The number of hydrogen-bond donors (Lipinski definition) is 0. The molecule has 0 N–H and O–H groups in total. The van der Waals surface area contributed by atoms with E-state index in [0.717, 1.165) is 0 Å². The molecule has 1 aromatic rings. The molecule has 0 heterocycles. The molecule has 0 unspecified atom stereocenters. The third-order valence-corrected chi connectivity index (χ3v) is 3.11. The van der Waals surface area contributed by atoms with Crippen LogP contribution in [0.25, 0.3) is 0 Å². The van der Waals surface area contributed by atoms with Crippen molar-refractivity contribution in [2.75, 3.05) is 13.3 Å². The molecule has 0 saturated heterocycles. The molecule has 15 heavy (non-hydrogen) atoms. The summed E-state index contributed by atoms with van der Waals surface area (Å²) in [5.74, 6) is 0.455. The van der Waals surface area contributed by atoms with Gasteiger partial charge in [-0.1, -0.05) is 0 Å². The second kappa shape index (κ2) is 4.81. The summed E-state index contributed by atoms with van der Waals surface area (Å²) < 4.78 is 38.8. The number of alkyl halides is 1. The van der Waals surface area contributed by atoms with Gasteiger partial charge in [0, 0.05) is 10.7 Å². The molecule has 0 amide bonds. The van der Waals surface area contributed by atoms with Crippen LogP contribution in [0, 0.1) is 6.92 Å². The standard InChI is InChI=1S/C9H10ClFO3S/c1-7-6-8(15(10,12)13)2-3-9(7)14-5-4-11/h2-3,6H,4-5H2,1H3. The van der Waals surface area contributed by atoms with Crippen LogP contribution in [0.2, 0.25) is 0 Å². The third-order valence-electron chi connectivity index (χ3n) is 1.76. The fraction of sp³-hybridized carbons (Fsp3) is 0.333. The van der Waals surface area contributed by atoms with E-state index in [2.05, 4.69) is 0 Å². The number of ether oxygens (including phenoxy) is 1. The molecule has 0 radical (unpaired) electrons. The Morgan fingerprint density at radius 2 is 2.13 bits per heavy atom. The highest BCUT2D eigenvalue weighted by atomic mass is 35.7. The Morgan fingerprint density at radius 1 is 1.47 bits per heavy atom. The van der Waals surface area contributed by atoms with Gasteiger partial charge in [-0.05, 0) is 30.7 Å². The second-order valence-corrected chi connectivity index (χ2v) is 5.47. The van der Waals surface area contributed by atoms with Crippen molar-refractivity contribution in [1.29, 1.82) is 0 Å². The van der Waals surface area contributed by atoms with Gasteiger partial charge in [-0.25, -0.2) is 12.8 Å². The monoisotopic (exact) mass is 252 g/mol. The summed E-state index contributed by atoms with van der Waals surface area (Å²) in [6.45, 7) is 1.03. The largest absolute Gasteiger partial charge is 0.491 e. The summed E-state index contributed by atoms with van der Waals surface area (Å²) in [5, 5.41) is 0. The quantitative estimate of drug-likeness (QED) is 0.772. The van der Waals surface area contributed by atoms with Crippen LogP contribution in [0.15, 0.2) is 23.1 Å². The van der Waals surface area contributed by atoms with Gasteiger partial charge in [0.15, 0.2) is 0 Å². The van der Waals surface area contributed by atoms with Gasteiger partial charge in [0.2, 0.25) is 0 Å². The van der Waals surface area contributed by atoms with Crippen LogP contribution in [0.5, 0.6) is 5.75 Å². The van der Waals surface area contributed by atoms with Crippen LogP contribution in [-0.2, 0) is 9.05 Å². The number of benzene rings is 1. The highest BCUT2D eigenvalue weighted by Crippen LogP contribution is 2.23. The second-order valence-electron chi connectivity index (χ2n) is 2.90. The minimum absolute atomic E-state index is 0.00858. The molecule has 1 aromatic carbocycles. The van der Waals surface area contributed by atoms with Crippen molar-refractivity contribution in [2.24, 2.45) is 0 Å². The summed E-state index contributed by atoms with van der Waals surface area (Å²) in [4.78, 5) is 0.00858. The molecule has 6 heteroatoms. The molecule has 0 aliphatic carbocycles. The van der Waals surface area contributed by atoms with Gasteiger partial charge in [-0.3, -0.25) is 0 Å². The maximum Gasteiger partial charge on any atom is 0.261 e. The highest BCUT2D eigenvalue weighted by molar-refractivity contribution is 8.13. The van der Waals surface area contributed by atoms with Gasteiger partial charge >= 0.3 is 0 Å². The van der Waals surface area contributed by atoms with E-state index in [0.29, 0.717) is 11.3 Å². The maximum absolute atomic E-state index is 11.8. The molecule has 84 valence electrons. The van der Waals surface area contributed by atoms with E-state index in [-0.39, 0.29) is 11.5 Å². The Kier molecular flexibility index (Phi) is 3.93. The van der Waals surface area contributed by atoms with E-state index < -0.39 is 15.7 Å². The van der Waals surface area contributed by atoms with Gasteiger partial charge in [-0.15, -0.1) is 0 Å². The van der Waals surface area contributed by atoms with Gasteiger partial charge in [0.1, 0.15) is 19.0 Å². The van der Waals surface area contributed by atoms with Crippen molar-refractivity contribution in [3.8, 4) is 5.75 Å². The zero-order chi connectivity index (χ0) is 11.5. The molecule has 1 rings (SSSR count). The number of aryl methyl sites for hydroxylation is 1. The van der Waals surface area contributed by atoms with E-state index in [1.807, 2.05) is 0 Å². The number of hydrogen-bond acceptors (Lipinski definition) is 3. The molecule has 0 atom stereocenters. The zero-order valence-electron chi connectivity index (χ0n) is 8.04. The predicted molar refractivity (Wildman–Crippen MR) is 55.7 cm³/mol. The van der Waals surface area contributed by atoms with Gasteiger partial charge in [-0.2, -0.15) is 0 Å². The molecule has 0 aliphatic heterocycles. The van der Waals surface area contributed by atoms with Crippen LogP contribution < -0.4 is 4.74 Å². The van der Waals surface area contributed by atoms with Crippen LogP contribution in [0.3, 0.4) is 0 Å². The first-order valence-electron chi connectivity index (χ1n) is 4.19. The fourth-order valence-corrected chi connectivity index (χ4v) is 1.92. The molecule has 0 spiro atoms. The predicted octanol–water partition coefficient (Wildman–Crippen LogP) is 2.27.